The number of ether oxygens (including phenoxy) is 2. The summed E-state index contributed by atoms with van der Waals surface area (Å²) in [7, 11) is 1.68. The van der Waals surface area contributed by atoms with Crippen LogP contribution in [0.3, 0.4) is 0 Å². The normalized spacial score (nSPS) is 10.7. The zero-order valence-corrected chi connectivity index (χ0v) is 12.8. The molecule has 0 fully saturated rings. The number of methoxy groups -OCH3 is 1. The maximum absolute atomic E-state index is 6.04. The third-order valence-corrected chi connectivity index (χ3v) is 3.55. The fraction of sp³-hybridized carbons (Fsp3) is 0.357. The summed E-state index contributed by atoms with van der Waals surface area (Å²) in [5.41, 5.74) is 3.76. The molecule has 0 aliphatic carbocycles. The molecular formula is C14H17ClN2O2S. The van der Waals surface area contributed by atoms with E-state index in [9.17, 15) is 0 Å². The number of thiazole rings is 1. The first-order valence-corrected chi connectivity index (χ1v) is 7.59. The van der Waals surface area contributed by atoms with Gasteiger partial charge in [0, 0.05) is 36.2 Å². The Labute approximate surface area is 127 Å². The molecular weight excluding hydrogens is 296 g/mol. The Morgan fingerprint density at radius 3 is 3.05 bits per heavy atom. The van der Waals surface area contributed by atoms with Crippen molar-refractivity contribution in [1.29, 1.82) is 0 Å². The molecule has 20 heavy (non-hydrogen) atoms. The van der Waals surface area contributed by atoms with E-state index in [0.29, 0.717) is 24.8 Å². The minimum Gasteiger partial charge on any atom is -0.487 e. The van der Waals surface area contributed by atoms with Crippen LogP contribution in [-0.4, -0.2) is 25.2 Å². The maximum Gasteiger partial charge on any atom is 0.131 e. The Morgan fingerprint density at radius 1 is 1.40 bits per heavy atom. The standard InChI is InChI=1S/C14H17ClN2O2S/c1-18-5-4-16-7-11-6-12(15)2-3-14(11)19-8-13-9-20-10-17-13/h2-3,6,9-10,16H,4-5,7-8H2,1H3. The second-order valence-electron chi connectivity index (χ2n) is 4.19. The molecule has 0 radical (unpaired) electrons. The van der Waals surface area contributed by atoms with E-state index < -0.39 is 0 Å². The first kappa shape index (κ1) is 15.3. The molecule has 0 aliphatic heterocycles. The molecule has 0 amide bonds. The summed E-state index contributed by atoms with van der Waals surface area (Å²) in [6, 6.07) is 5.64. The summed E-state index contributed by atoms with van der Waals surface area (Å²) in [5.74, 6) is 0.826. The smallest absolute Gasteiger partial charge is 0.131 e. The Hall–Kier alpha value is -1.14. The van der Waals surface area contributed by atoms with Crippen LogP contribution in [0.1, 0.15) is 11.3 Å². The summed E-state index contributed by atoms with van der Waals surface area (Å²) in [6.45, 7) is 2.62. The number of rotatable bonds is 8. The van der Waals surface area contributed by atoms with E-state index in [-0.39, 0.29) is 0 Å². The van der Waals surface area contributed by atoms with Gasteiger partial charge in [0.1, 0.15) is 12.4 Å². The van der Waals surface area contributed by atoms with Gasteiger partial charge in [-0.25, -0.2) is 4.98 Å². The average molecular weight is 313 g/mol. The van der Waals surface area contributed by atoms with Crippen LogP contribution < -0.4 is 10.1 Å². The molecule has 0 atom stereocenters. The minimum absolute atomic E-state index is 0.468. The molecule has 0 saturated carbocycles. The highest BCUT2D eigenvalue weighted by molar-refractivity contribution is 7.07. The van der Waals surface area contributed by atoms with Crippen LogP contribution in [0.15, 0.2) is 29.1 Å². The third-order valence-electron chi connectivity index (χ3n) is 2.68. The number of hydrogen-bond donors (Lipinski definition) is 1. The van der Waals surface area contributed by atoms with Crippen LogP contribution in [0.25, 0.3) is 0 Å². The highest BCUT2D eigenvalue weighted by Gasteiger charge is 2.06. The van der Waals surface area contributed by atoms with E-state index in [1.54, 1.807) is 24.0 Å². The minimum atomic E-state index is 0.468. The van der Waals surface area contributed by atoms with Crippen molar-refractivity contribution in [1.82, 2.24) is 10.3 Å². The van der Waals surface area contributed by atoms with Crippen molar-refractivity contribution < 1.29 is 9.47 Å². The van der Waals surface area contributed by atoms with Gasteiger partial charge in [0.05, 0.1) is 17.8 Å². The Morgan fingerprint density at radius 2 is 2.30 bits per heavy atom. The molecule has 0 bridgehead atoms. The van der Waals surface area contributed by atoms with E-state index in [4.69, 9.17) is 21.1 Å². The van der Waals surface area contributed by atoms with Crippen LogP contribution in [-0.2, 0) is 17.9 Å². The monoisotopic (exact) mass is 312 g/mol. The van der Waals surface area contributed by atoms with Crippen molar-refractivity contribution in [3.63, 3.8) is 0 Å². The van der Waals surface area contributed by atoms with Crippen LogP contribution in [0.2, 0.25) is 5.02 Å². The van der Waals surface area contributed by atoms with Gasteiger partial charge in [0.2, 0.25) is 0 Å². The van der Waals surface area contributed by atoms with E-state index in [0.717, 1.165) is 23.6 Å². The van der Waals surface area contributed by atoms with Crippen molar-refractivity contribution in [3.8, 4) is 5.75 Å². The number of nitrogens with zero attached hydrogens (tertiary/aromatic N) is 1. The fourth-order valence-electron chi connectivity index (χ4n) is 1.68. The lowest BCUT2D eigenvalue weighted by atomic mass is 10.2. The molecule has 4 nitrogen and oxygen atoms in total. The van der Waals surface area contributed by atoms with Gasteiger partial charge < -0.3 is 14.8 Å². The van der Waals surface area contributed by atoms with Crippen molar-refractivity contribution in [3.05, 3.63) is 45.4 Å². The van der Waals surface area contributed by atoms with Gasteiger partial charge in [-0.15, -0.1) is 11.3 Å². The van der Waals surface area contributed by atoms with Crippen molar-refractivity contribution in [2.75, 3.05) is 20.3 Å². The first-order chi connectivity index (χ1) is 9.79. The van der Waals surface area contributed by atoms with Crippen LogP contribution in [0.4, 0.5) is 0 Å². The molecule has 0 saturated heterocycles. The fourth-order valence-corrected chi connectivity index (χ4v) is 2.42. The Bertz CT molecular complexity index is 520. The maximum atomic E-state index is 6.04. The van der Waals surface area contributed by atoms with Gasteiger partial charge in [0.25, 0.3) is 0 Å². The summed E-state index contributed by atoms with van der Waals surface area (Å²) >= 11 is 7.60. The van der Waals surface area contributed by atoms with Crippen LogP contribution in [0.5, 0.6) is 5.75 Å². The largest absolute Gasteiger partial charge is 0.487 e. The van der Waals surface area contributed by atoms with Crippen molar-refractivity contribution >= 4 is 22.9 Å². The molecule has 6 heteroatoms. The van der Waals surface area contributed by atoms with Gasteiger partial charge in [0.15, 0.2) is 0 Å². The molecule has 1 heterocycles. The lowest BCUT2D eigenvalue weighted by Crippen LogP contribution is -2.19. The van der Waals surface area contributed by atoms with E-state index >= 15 is 0 Å². The molecule has 0 aliphatic rings. The number of nitrogens with one attached hydrogen (secondary N) is 1. The molecule has 0 spiro atoms. The zero-order chi connectivity index (χ0) is 14.2. The van der Waals surface area contributed by atoms with Gasteiger partial charge in [-0.3, -0.25) is 0 Å². The average Bonchev–Trinajstić information content (AvgIpc) is 2.96. The molecule has 0 unspecified atom stereocenters. The number of hydrogen-bond acceptors (Lipinski definition) is 5. The number of aromatic nitrogens is 1. The SMILES string of the molecule is COCCNCc1cc(Cl)ccc1OCc1cscn1. The molecule has 1 aromatic carbocycles. The van der Waals surface area contributed by atoms with Crippen molar-refractivity contribution in [2.24, 2.45) is 0 Å². The predicted octanol–water partition coefficient (Wildman–Crippen LogP) is 3.11. The molecule has 108 valence electrons. The first-order valence-electron chi connectivity index (χ1n) is 6.27. The van der Waals surface area contributed by atoms with Gasteiger partial charge >= 0.3 is 0 Å². The second-order valence-corrected chi connectivity index (χ2v) is 5.35. The summed E-state index contributed by atoms with van der Waals surface area (Å²) in [5, 5.41) is 5.97. The highest BCUT2D eigenvalue weighted by atomic mass is 35.5. The third kappa shape index (κ3) is 4.76. The van der Waals surface area contributed by atoms with Gasteiger partial charge in [-0.2, -0.15) is 0 Å². The lowest BCUT2D eigenvalue weighted by Gasteiger charge is -2.12. The topological polar surface area (TPSA) is 43.4 Å². The van der Waals surface area contributed by atoms with Gasteiger partial charge in [-0.1, -0.05) is 11.6 Å². The van der Waals surface area contributed by atoms with Crippen LogP contribution in [0, 0.1) is 0 Å². The Balaban J connectivity index is 1.95. The van der Waals surface area contributed by atoms with Crippen LogP contribution >= 0.6 is 22.9 Å². The second kappa shape index (κ2) is 8.21. The summed E-state index contributed by atoms with van der Waals surface area (Å²) in [4.78, 5) is 4.20. The van der Waals surface area contributed by atoms with Crippen molar-refractivity contribution in [2.45, 2.75) is 13.2 Å². The highest BCUT2D eigenvalue weighted by Crippen LogP contribution is 2.23. The summed E-state index contributed by atoms with van der Waals surface area (Å²) < 4.78 is 10.8. The quantitative estimate of drug-likeness (QED) is 0.761. The molecule has 1 N–H and O–H groups in total. The predicted molar refractivity (Wildman–Crippen MR) is 81.5 cm³/mol. The number of halogens is 1. The summed E-state index contributed by atoms with van der Waals surface area (Å²) in [6.07, 6.45) is 0. The van der Waals surface area contributed by atoms with E-state index in [1.165, 1.54) is 0 Å². The number of benzene rings is 1. The lowest BCUT2D eigenvalue weighted by molar-refractivity contribution is 0.199. The Kier molecular flexibility index (Phi) is 6.26. The molecule has 1 aromatic heterocycles. The molecule has 2 rings (SSSR count). The zero-order valence-electron chi connectivity index (χ0n) is 11.3. The van der Waals surface area contributed by atoms with E-state index in [2.05, 4.69) is 10.3 Å². The van der Waals surface area contributed by atoms with Gasteiger partial charge in [-0.05, 0) is 18.2 Å². The molecule has 2 aromatic rings. The van der Waals surface area contributed by atoms with E-state index in [1.807, 2.05) is 23.6 Å².